The van der Waals surface area contributed by atoms with Gasteiger partial charge in [-0.3, -0.25) is 4.90 Å². The SMILES string of the molecule is CC(C)CN1CCCC12CC2. The summed E-state index contributed by atoms with van der Waals surface area (Å²) in [6.45, 7) is 7.36. The molecule has 1 saturated heterocycles. The quantitative estimate of drug-likeness (QED) is 0.588. The predicted molar refractivity (Wildman–Crippen MR) is 47.6 cm³/mol. The van der Waals surface area contributed by atoms with Crippen molar-refractivity contribution in [3.63, 3.8) is 0 Å². The first-order chi connectivity index (χ1) is 5.23. The van der Waals surface area contributed by atoms with Crippen LogP contribution in [-0.2, 0) is 0 Å². The summed E-state index contributed by atoms with van der Waals surface area (Å²) in [4.78, 5) is 2.73. The lowest BCUT2D eigenvalue weighted by molar-refractivity contribution is 0.210. The Hall–Kier alpha value is -0.0400. The number of hydrogen-bond donors (Lipinski definition) is 0. The van der Waals surface area contributed by atoms with Gasteiger partial charge in [0.05, 0.1) is 0 Å². The second-order valence-electron chi connectivity index (χ2n) is 4.67. The molecule has 1 heterocycles. The molecule has 0 N–H and O–H groups in total. The average Bonchev–Trinajstić information content (AvgIpc) is 2.56. The lowest BCUT2D eigenvalue weighted by Gasteiger charge is -2.25. The van der Waals surface area contributed by atoms with Gasteiger partial charge in [0, 0.05) is 12.1 Å². The molecule has 0 aromatic carbocycles. The summed E-state index contributed by atoms with van der Waals surface area (Å²) in [5.41, 5.74) is 0.726. The van der Waals surface area contributed by atoms with Gasteiger partial charge in [0.15, 0.2) is 0 Å². The van der Waals surface area contributed by atoms with Crippen molar-refractivity contribution in [1.82, 2.24) is 4.90 Å². The van der Waals surface area contributed by atoms with Crippen LogP contribution in [0, 0.1) is 5.92 Å². The minimum absolute atomic E-state index is 0.726. The summed E-state index contributed by atoms with van der Waals surface area (Å²) in [6.07, 6.45) is 5.91. The molecule has 0 atom stereocenters. The van der Waals surface area contributed by atoms with Crippen molar-refractivity contribution in [1.29, 1.82) is 0 Å². The summed E-state index contributed by atoms with van der Waals surface area (Å²) < 4.78 is 0. The molecule has 2 aliphatic rings. The van der Waals surface area contributed by atoms with Crippen LogP contribution < -0.4 is 0 Å². The van der Waals surface area contributed by atoms with E-state index in [-0.39, 0.29) is 0 Å². The van der Waals surface area contributed by atoms with Crippen LogP contribution in [0.15, 0.2) is 0 Å². The van der Waals surface area contributed by atoms with Gasteiger partial charge < -0.3 is 0 Å². The van der Waals surface area contributed by atoms with Crippen molar-refractivity contribution in [2.24, 2.45) is 5.92 Å². The highest BCUT2D eigenvalue weighted by atomic mass is 15.2. The number of hydrogen-bond acceptors (Lipinski definition) is 1. The zero-order valence-electron chi connectivity index (χ0n) is 7.77. The first-order valence-electron chi connectivity index (χ1n) is 4.98. The Labute approximate surface area is 69.8 Å². The summed E-state index contributed by atoms with van der Waals surface area (Å²) in [7, 11) is 0. The third-order valence-corrected chi connectivity index (χ3v) is 3.15. The van der Waals surface area contributed by atoms with Crippen molar-refractivity contribution in [2.45, 2.75) is 45.1 Å². The highest BCUT2D eigenvalue weighted by molar-refractivity contribution is 5.07. The van der Waals surface area contributed by atoms with Crippen LogP contribution in [0.25, 0.3) is 0 Å². The molecular weight excluding hydrogens is 134 g/mol. The van der Waals surface area contributed by atoms with E-state index in [1.807, 2.05) is 0 Å². The molecule has 2 rings (SSSR count). The van der Waals surface area contributed by atoms with Gasteiger partial charge in [0.2, 0.25) is 0 Å². The largest absolute Gasteiger partial charge is 0.297 e. The lowest BCUT2D eigenvalue weighted by atomic mass is 10.1. The van der Waals surface area contributed by atoms with Gasteiger partial charge in [-0.2, -0.15) is 0 Å². The fourth-order valence-corrected chi connectivity index (χ4v) is 2.43. The van der Waals surface area contributed by atoms with E-state index in [2.05, 4.69) is 18.7 Å². The molecule has 0 bridgehead atoms. The molecule has 0 amide bonds. The van der Waals surface area contributed by atoms with E-state index >= 15 is 0 Å². The molecule has 0 aromatic heterocycles. The maximum atomic E-state index is 2.73. The minimum Gasteiger partial charge on any atom is -0.297 e. The maximum Gasteiger partial charge on any atom is 0.0211 e. The van der Waals surface area contributed by atoms with E-state index in [1.54, 1.807) is 0 Å². The van der Waals surface area contributed by atoms with Gasteiger partial charge in [-0.05, 0) is 38.1 Å². The van der Waals surface area contributed by atoms with E-state index in [4.69, 9.17) is 0 Å². The topological polar surface area (TPSA) is 3.24 Å². The molecule has 0 radical (unpaired) electrons. The second kappa shape index (κ2) is 2.48. The maximum absolute atomic E-state index is 2.73. The number of rotatable bonds is 2. The normalized spacial score (nSPS) is 28.6. The Balaban J connectivity index is 1.92. The first kappa shape index (κ1) is 7.60. The zero-order valence-corrected chi connectivity index (χ0v) is 7.77. The smallest absolute Gasteiger partial charge is 0.0211 e. The highest BCUT2D eigenvalue weighted by Gasteiger charge is 2.50. The molecule has 1 spiro atoms. The van der Waals surface area contributed by atoms with Crippen LogP contribution in [0.1, 0.15) is 39.5 Å². The molecule has 1 aliphatic carbocycles. The fourth-order valence-electron chi connectivity index (χ4n) is 2.43. The van der Waals surface area contributed by atoms with Gasteiger partial charge in [-0.15, -0.1) is 0 Å². The van der Waals surface area contributed by atoms with Crippen LogP contribution in [-0.4, -0.2) is 23.5 Å². The molecule has 2 fully saturated rings. The highest BCUT2D eigenvalue weighted by Crippen LogP contribution is 2.49. The van der Waals surface area contributed by atoms with E-state index in [0.717, 1.165) is 11.5 Å². The monoisotopic (exact) mass is 153 g/mol. The first-order valence-corrected chi connectivity index (χ1v) is 4.98. The van der Waals surface area contributed by atoms with Crippen molar-refractivity contribution in [2.75, 3.05) is 13.1 Å². The predicted octanol–water partition coefficient (Wildman–Crippen LogP) is 2.27. The van der Waals surface area contributed by atoms with Crippen LogP contribution in [0.5, 0.6) is 0 Å². The van der Waals surface area contributed by atoms with Gasteiger partial charge in [0.1, 0.15) is 0 Å². The van der Waals surface area contributed by atoms with Crippen molar-refractivity contribution in [3.8, 4) is 0 Å². The molecule has 1 heteroatoms. The Morgan fingerprint density at radius 3 is 2.55 bits per heavy atom. The summed E-state index contributed by atoms with van der Waals surface area (Å²) in [6, 6.07) is 0. The summed E-state index contributed by atoms with van der Waals surface area (Å²) >= 11 is 0. The van der Waals surface area contributed by atoms with Gasteiger partial charge in [-0.1, -0.05) is 13.8 Å². The number of nitrogens with zero attached hydrogens (tertiary/aromatic N) is 1. The Morgan fingerprint density at radius 2 is 2.00 bits per heavy atom. The van der Waals surface area contributed by atoms with Crippen molar-refractivity contribution in [3.05, 3.63) is 0 Å². The Bertz CT molecular complexity index is 147. The van der Waals surface area contributed by atoms with Crippen LogP contribution in [0.3, 0.4) is 0 Å². The zero-order chi connectivity index (χ0) is 7.90. The third kappa shape index (κ3) is 1.31. The van der Waals surface area contributed by atoms with Crippen LogP contribution in [0.4, 0.5) is 0 Å². The molecule has 1 nitrogen and oxygen atoms in total. The van der Waals surface area contributed by atoms with Gasteiger partial charge in [-0.25, -0.2) is 0 Å². The standard InChI is InChI=1S/C10H19N/c1-9(2)8-11-7-3-4-10(11)5-6-10/h9H,3-8H2,1-2H3. The molecule has 0 unspecified atom stereocenters. The van der Waals surface area contributed by atoms with Gasteiger partial charge >= 0.3 is 0 Å². The summed E-state index contributed by atoms with van der Waals surface area (Å²) in [5.74, 6) is 0.852. The molecule has 0 aromatic rings. The van der Waals surface area contributed by atoms with Crippen LogP contribution >= 0.6 is 0 Å². The molecule has 1 saturated carbocycles. The van der Waals surface area contributed by atoms with E-state index in [0.29, 0.717) is 0 Å². The molecule has 1 aliphatic heterocycles. The summed E-state index contributed by atoms with van der Waals surface area (Å²) in [5, 5.41) is 0. The number of likely N-dealkylation sites (tertiary alicyclic amines) is 1. The van der Waals surface area contributed by atoms with E-state index in [9.17, 15) is 0 Å². The Morgan fingerprint density at radius 1 is 1.27 bits per heavy atom. The van der Waals surface area contributed by atoms with Gasteiger partial charge in [0.25, 0.3) is 0 Å². The molecular formula is C10H19N. The average molecular weight is 153 g/mol. The van der Waals surface area contributed by atoms with E-state index in [1.165, 1.54) is 38.8 Å². The third-order valence-electron chi connectivity index (χ3n) is 3.15. The fraction of sp³-hybridized carbons (Fsp3) is 1.00. The minimum atomic E-state index is 0.726. The Kier molecular flexibility index (Phi) is 1.71. The van der Waals surface area contributed by atoms with Crippen molar-refractivity contribution < 1.29 is 0 Å². The molecule has 11 heavy (non-hydrogen) atoms. The molecule has 64 valence electrons. The van der Waals surface area contributed by atoms with E-state index < -0.39 is 0 Å². The lowest BCUT2D eigenvalue weighted by Crippen LogP contribution is -2.34. The van der Waals surface area contributed by atoms with Crippen molar-refractivity contribution >= 4 is 0 Å². The second-order valence-corrected chi connectivity index (χ2v) is 4.67. The van der Waals surface area contributed by atoms with Crippen LogP contribution in [0.2, 0.25) is 0 Å².